The zero-order valence-corrected chi connectivity index (χ0v) is 14.2. The minimum atomic E-state index is -1.02. The van der Waals surface area contributed by atoms with Crippen LogP contribution < -0.4 is 5.32 Å². The summed E-state index contributed by atoms with van der Waals surface area (Å²) in [6.45, 7) is 3.16. The number of likely N-dealkylation sites (tertiary alicyclic amines) is 1. The maximum atomic E-state index is 12.3. The molecule has 2 heterocycles. The van der Waals surface area contributed by atoms with Gasteiger partial charge in [-0.2, -0.15) is 0 Å². The summed E-state index contributed by atoms with van der Waals surface area (Å²) in [6.07, 6.45) is 4.58. The van der Waals surface area contributed by atoms with E-state index in [1.165, 1.54) is 11.3 Å². The second-order valence-electron chi connectivity index (χ2n) is 5.79. The van der Waals surface area contributed by atoms with Gasteiger partial charge in [0.25, 0.3) is 0 Å². The first-order valence-corrected chi connectivity index (χ1v) is 8.87. The van der Waals surface area contributed by atoms with Gasteiger partial charge in [0.05, 0.1) is 12.1 Å². The lowest BCUT2D eigenvalue weighted by molar-refractivity contribution is -0.118. The lowest BCUT2D eigenvalue weighted by Gasteiger charge is -2.34. The summed E-state index contributed by atoms with van der Waals surface area (Å²) in [4.78, 5) is 26.6. The normalized spacial score (nSPS) is 18.8. The van der Waals surface area contributed by atoms with E-state index in [2.05, 4.69) is 10.2 Å². The standard InChI is InChI=1S/C16H24N2O4S/c1-2-12-9-13(16(21)22)15(23-12)17-14(20)10-18-7-4-3-5-11(18)6-8-19/h9,11,19H,2-8,10H2,1H3,(H,17,20)(H,21,22). The molecule has 0 saturated carbocycles. The number of aliphatic hydroxyl groups excluding tert-OH is 1. The lowest BCUT2D eigenvalue weighted by Crippen LogP contribution is -2.44. The summed E-state index contributed by atoms with van der Waals surface area (Å²) in [5, 5.41) is 21.5. The third kappa shape index (κ3) is 4.76. The van der Waals surface area contributed by atoms with Gasteiger partial charge in [0, 0.05) is 17.5 Å². The maximum absolute atomic E-state index is 12.3. The van der Waals surface area contributed by atoms with Crippen LogP contribution in [-0.2, 0) is 11.2 Å². The average molecular weight is 340 g/mol. The molecule has 1 atom stereocenters. The number of rotatable bonds is 7. The molecule has 2 rings (SSSR count). The van der Waals surface area contributed by atoms with Crippen molar-refractivity contribution in [2.24, 2.45) is 0 Å². The molecule has 1 aromatic heterocycles. The smallest absolute Gasteiger partial charge is 0.338 e. The van der Waals surface area contributed by atoms with E-state index in [9.17, 15) is 14.7 Å². The number of hydrogen-bond donors (Lipinski definition) is 3. The average Bonchev–Trinajstić information content (AvgIpc) is 2.92. The van der Waals surface area contributed by atoms with Gasteiger partial charge < -0.3 is 15.5 Å². The van der Waals surface area contributed by atoms with Gasteiger partial charge in [-0.05, 0) is 38.3 Å². The van der Waals surface area contributed by atoms with Crippen LogP contribution >= 0.6 is 11.3 Å². The van der Waals surface area contributed by atoms with Gasteiger partial charge in [0.15, 0.2) is 0 Å². The molecule has 0 radical (unpaired) electrons. The molecule has 0 aliphatic carbocycles. The van der Waals surface area contributed by atoms with E-state index >= 15 is 0 Å². The first-order chi connectivity index (χ1) is 11.0. The Bertz CT molecular complexity index is 556. The summed E-state index contributed by atoms with van der Waals surface area (Å²) >= 11 is 1.32. The van der Waals surface area contributed by atoms with Crippen LogP contribution in [0.4, 0.5) is 5.00 Å². The van der Waals surface area contributed by atoms with E-state index in [0.29, 0.717) is 11.4 Å². The van der Waals surface area contributed by atoms with Crippen molar-refractivity contribution >= 4 is 28.2 Å². The lowest BCUT2D eigenvalue weighted by atomic mass is 10.00. The molecule has 128 valence electrons. The fourth-order valence-electron chi connectivity index (χ4n) is 2.96. The Kier molecular flexibility index (Phi) is 6.56. The highest BCUT2D eigenvalue weighted by atomic mass is 32.1. The SMILES string of the molecule is CCc1cc(C(=O)O)c(NC(=O)CN2CCCCC2CCO)s1. The van der Waals surface area contributed by atoms with E-state index in [1.54, 1.807) is 6.07 Å². The van der Waals surface area contributed by atoms with Crippen molar-refractivity contribution in [1.29, 1.82) is 0 Å². The van der Waals surface area contributed by atoms with E-state index in [4.69, 9.17) is 5.11 Å². The molecule has 7 heteroatoms. The summed E-state index contributed by atoms with van der Waals surface area (Å²) in [5.41, 5.74) is 0.158. The summed E-state index contributed by atoms with van der Waals surface area (Å²) in [7, 11) is 0. The van der Waals surface area contributed by atoms with Gasteiger partial charge >= 0.3 is 5.97 Å². The Morgan fingerprint density at radius 2 is 2.22 bits per heavy atom. The van der Waals surface area contributed by atoms with Gasteiger partial charge in [-0.15, -0.1) is 11.3 Å². The van der Waals surface area contributed by atoms with Crippen molar-refractivity contribution in [2.45, 2.75) is 45.1 Å². The van der Waals surface area contributed by atoms with E-state index in [1.807, 2.05) is 6.92 Å². The topological polar surface area (TPSA) is 89.9 Å². The highest BCUT2D eigenvalue weighted by Gasteiger charge is 2.24. The Hall–Kier alpha value is -1.44. The van der Waals surface area contributed by atoms with Gasteiger partial charge in [-0.3, -0.25) is 9.69 Å². The number of piperidine rings is 1. The second-order valence-corrected chi connectivity index (χ2v) is 6.93. The molecule has 3 N–H and O–H groups in total. The van der Waals surface area contributed by atoms with Crippen molar-refractivity contribution in [3.63, 3.8) is 0 Å². The van der Waals surface area contributed by atoms with Crippen molar-refractivity contribution in [1.82, 2.24) is 4.90 Å². The van der Waals surface area contributed by atoms with Crippen LogP contribution in [0.15, 0.2) is 6.07 Å². The number of nitrogens with one attached hydrogen (secondary N) is 1. The molecular weight excluding hydrogens is 316 g/mol. The van der Waals surface area contributed by atoms with Gasteiger partial charge in [-0.1, -0.05) is 13.3 Å². The minimum Gasteiger partial charge on any atom is -0.478 e. The number of aliphatic hydroxyl groups is 1. The van der Waals surface area contributed by atoms with Crippen molar-refractivity contribution < 1.29 is 19.8 Å². The highest BCUT2D eigenvalue weighted by molar-refractivity contribution is 7.16. The fourth-order valence-corrected chi connectivity index (χ4v) is 3.97. The molecule has 1 fully saturated rings. The monoisotopic (exact) mass is 340 g/mol. The molecule has 1 unspecified atom stereocenters. The molecule has 1 aromatic rings. The Balaban J connectivity index is 2.01. The Morgan fingerprint density at radius 3 is 2.87 bits per heavy atom. The summed E-state index contributed by atoms with van der Waals surface area (Å²) < 4.78 is 0. The van der Waals surface area contributed by atoms with E-state index in [-0.39, 0.29) is 30.7 Å². The molecule has 23 heavy (non-hydrogen) atoms. The number of carboxylic acid groups (broad SMARTS) is 1. The predicted octanol–water partition coefficient (Wildman–Crippen LogP) is 2.18. The number of amides is 1. The molecule has 0 spiro atoms. The van der Waals surface area contributed by atoms with Gasteiger partial charge in [0.1, 0.15) is 5.00 Å². The molecule has 1 aliphatic rings. The zero-order chi connectivity index (χ0) is 16.8. The molecule has 6 nitrogen and oxygen atoms in total. The third-order valence-electron chi connectivity index (χ3n) is 4.17. The molecular formula is C16H24N2O4S. The third-order valence-corrected chi connectivity index (χ3v) is 5.37. The molecule has 0 bridgehead atoms. The number of carbonyl (C=O) groups excluding carboxylic acids is 1. The number of anilines is 1. The number of nitrogens with zero attached hydrogens (tertiary/aromatic N) is 1. The van der Waals surface area contributed by atoms with Crippen molar-refractivity contribution in [2.75, 3.05) is 25.0 Å². The fraction of sp³-hybridized carbons (Fsp3) is 0.625. The van der Waals surface area contributed by atoms with Crippen LogP contribution in [0, 0.1) is 0 Å². The van der Waals surface area contributed by atoms with Crippen LogP contribution in [-0.4, -0.2) is 52.7 Å². The Labute approximate surface area is 140 Å². The van der Waals surface area contributed by atoms with Crippen molar-refractivity contribution in [3.05, 3.63) is 16.5 Å². The van der Waals surface area contributed by atoms with Crippen LogP contribution in [0.1, 0.15) is 47.8 Å². The number of hydrogen-bond acceptors (Lipinski definition) is 5. The summed E-state index contributed by atoms with van der Waals surface area (Å²) in [5.74, 6) is -1.21. The Morgan fingerprint density at radius 1 is 1.43 bits per heavy atom. The largest absolute Gasteiger partial charge is 0.478 e. The predicted molar refractivity (Wildman–Crippen MR) is 90.2 cm³/mol. The number of aryl methyl sites for hydroxylation is 1. The quantitative estimate of drug-likeness (QED) is 0.708. The molecule has 1 amide bonds. The first kappa shape index (κ1) is 17.9. The van der Waals surface area contributed by atoms with Crippen LogP contribution in [0.3, 0.4) is 0 Å². The highest BCUT2D eigenvalue weighted by Crippen LogP contribution is 2.29. The van der Waals surface area contributed by atoms with Crippen LogP contribution in [0.5, 0.6) is 0 Å². The zero-order valence-electron chi connectivity index (χ0n) is 13.4. The molecule has 1 aliphatic heterocycles. The molecule has 0 aromatic carbocycles. The number of carbonyl (C=O) groups is 2. The molecule has 1 saturated heterocycles. The number of thiophene rings is 1. The minimum absolute atomic E-state index is 0.122. The van der Waals surface area contributed by atoms with Gasteiger partial charge in [0.2, 0.25) is 5.91 Å². The van der Waals surface area contributed by atoms with E-state index in [0.717, 1.165) is 37.1 Å². The maximum Gasteiger partial charge on any atom is 0.338 e. The first-order valence-electron chi connectivity index (χ1n) is 8.06. The van der Waals surface area contributed by atoms with Crippen LogP contribution in [0.2, 0.25) is 0 Å². The number of carboxylic acids is 1. The second kappa shape index (κ2) is 8.42. The van der Waals surface area contributed by atoms with E-state index < -0.39 is 5.97 Å². The van der Waals surface area contributed by atoms with Crippen molar-refractivity contribution in [3.8, 4) is 0 Å². The summed E-state index contributed by atoms with van der Waals surface area (Å²) in [6, 6.07) is 1.85. The van der Waals surface area contributed by atoms with Gasteiger partial charge in [-0.25, -0.2) is 4.79 Å². The van der Waals surface area contributed by atoms with Crippen LogP contribution in [0.25, 0.3) is 0 Å². The number of aromatic carboxylic acids is 1.